The van der Waals surface area contributed by atoms with Gasteiger partial charge in [-0.1, -0.05) is 0 Å². The van der Waals surface area contributed by atoms with Crippen molar-refractivity contribution < 1.29 is 9.53 Å². The van der Waals surface area contributed by atoms with Crippen LogP contribution in [0.5, 0.6) is 5.88 Å². The Morgan fingerprint density at radius 1 is 1.44 bits per heavy atom. The Bertz CT molecular complexity index is 446. The number of amides is 1. The van der Waals surface area contributed by atoms with Crippen LogP contribution in [0.2, 0.25) is 0 Å². The molecule has 2 rings (SSSR count). The minimum Gasteiger partial charge on any atom is -0.481 e. The maximum absolute atomic E-state index is 11.6. The van der Waals surface area contributed by atoms with Crippen molar-refractivity contribution in [3.05, 3.63) is 12.1 Å². The number of rotatable bonds is 2. The van der Waals surface area contributed by atoms with Crippen molar-refractivity contribution in [1.29, 1.82) is 0 Å². The Kier molecular flexibility index (Phi) is 3.69. The molecule has 98 valence electrons. The van der Waals surface area contributed by atoms with Crippen LogP contribution in [0.3, 0.4) is 0 Å². The van der Waals surface area contributed by atoms with Crippen LogP contribution in [0, 0.1) is 0 Å². The Morgan fingerprint density at radius 3 is 2.89 bits per heavy atom. The van der Waals surface area contributed by atoms with Gasteiger partial charge in [-0.05, 0) is 26.3 Å². The van der Waals surface area contributed by atoms with Gasteiger partial charge in [0.25, 0.3) is 0 Å². The molecule has 1 N–H and O–H groups in total. The molecular formula is C13H19N3O2. The topological polar surface area (TPSA) is 54.5 Å². The Labute approximate surface area is 107 Å². The molecule has 0 fully saturated rings. The number of hydrogen-bond donors (Lipinski definition) is 1. The van der Waals surface area contributed by atoms with E-state index in [4.69, 9.17) is 4.74 Å². The highest BCUT2D eigenvalue weighted by atomic mass is 16.5. The summed E-state index contributed by atoms with van der Waals surface area (Å²) in [6.07, 6.45) is 1.39. The Balaban J connectivity index is 2.44. The predicted molar refractivity (Wildman–Crippen MR) is 71.1 cm³/mol. The molecule has 0 spiro atoms. The molecule has 1 aliphatic rings. The monoisotopic (exact) mass is 249 g/mol. The van der Waals surface area contributed by atoms with E-state index in [0.717, 1.165) is 24.5 Å². The summed E-state index contributed by atoms with van der Waals surface area (Å²) in [5.74, 6) is 1.40. The van der Waals surface area contributed by atoms with E-state index < -0.39 is 0 Å². The summed E-state index contributed by atoms with van der Waals surface area (Å²) in [6, 6.07) is 3.94. The number of aromatic nitrogens is 1. The van der Waals surface area contributed by atoms with Crippen molar-refractivity contribution in [3.8, 4) is 5.88 Å². The molecule has 5 nitrogen and oxygen atoms in total. The van der Waals surface area contributed by atoms with E-state index >= 15 is 0 Å². The zero-order valence-electron chi connectivity index (χ0n) is 11.1. The fourth-order valence-corrected chi connectivity index (χ4v) is 2.09. The summed E-state index contributed by atoms with van der Waals surface area (Å²) in [5.41, 5.74) is 0.759. The molecule has 5 heteroatoms. The van der Waals surface area contributed by atoms with Crippen LogP contribution in [0.15, 0.2) is 12.1 Å². The lowest BCUT2D eigenvalue weighted by molar-refractivity contribution is -0.116. The van der Waals surface area contributed by atoms with E-state index in [1.807, 2.05) is 6.07 Å². The number of fused-ring (bicyclic) bond motifs is 1. The number of anilines is 2. The SMILES string of the molecule is COc1ccc2c(n1)N(C(C)C)CCCC(=O)N2. The van der Waals surface area contributed by atoms with Gasteiger partial charge < -0.3 is 15.0 Å². The van der Waals surface area contributed by atoms with E-state index in [1.54, 1.807) is 13.2 Å². The van der Waals surface area contributed by atoms with Crippen LogP contribution in [-0.2, 0) is 4.79 Å². The quantitative estimate of drug-likeness (QED) is 0.871. The highest BCUT2D eigenvalue weighted by Gasteiger charge is 2.21. The number of hydrogen-bond acceptors (Lipinski definition) is 4. The summed E-state index contributed by atoms with van der Waals surface area (Å²) in [6.45, 7) is 5.07. The molecule has 0 unspecified atom stereocenters. The Hall–Kier alpha value is -1.78. The van der Waals surface area contributed by atoms with E-state index in [9.17, 15) is 4.79 Å². The summed E-state index contributed by atoms with van der Waals surface area (Å²) in [7, 11) is 1.59. The van der Waals surface area contributed by atoms with E-state index in [-0.39, 0.29) is 5.91 Å². The van der Waals surface area contributed by atoms with Crippen molar-refractivity contribution in [2.75, 3.05) is 23.9 Å². The Morgan fingerprint density at radius 2 is 2.22 bits per heavy atom. The van der Waals surface area contributed by atoms with Gasteiger partial charge in [0.1, 0.15) is 0 Å². The van der Waals surface area contributed by atoms with Crippen molar-refractivity contribution in [2.24, 2.45) is 0 Å². The second-order valence-electron chi connectivity index (χ2n) is 4.66. The molecule has 0 bridgehead atoms. The van der Waals surface area contributed by atoms with Crippen LogP contribution >= 0.6 is 0 Å². The first kappa shape index (κ1) is 12.7. The first-order chi connectivity index (χ1) is 8.61. The first-order valence-electron chi connectivity index (χ1n) is 6.23. The molecule has 1 aromatic rings. The molecule has 0 radical (unpaired) electrons. The second kappa shape index (κ2) is 5.25. The zero-order chi connectivity index (χ0) is 13.1. The minimum atomic E-state index is 0.0478. The van der Waals surface area contributed by atoms with Crippen molar-refractivity contribution in [1.82, 2.24) is 4.98 Å². The van der Waals surface area contributed by atoms with Crippen molar-refractivity contribution in [2.45, 2.75) is 32.7 Å². The van der Waals surface area contributed by atoms with Crippen LogP contribution in [0.1, 0.15) is 26.7 Å². The molecule has 1 aliphatic heterocycles. The van der Waals surface area contributed by atoms with Crippen LogP contribution in [0.25, 0.3) is 0 Å². The normalized spacial score (nSPS) is 15.8. The third-order valence-electron chi connectivity index (χ3n) is 3.03. The van der Waals surface area contributed by atoms with Crippen molar-refractivity contribution in [3.63, 3.8) is 0 Å². The highest BCUT2D eigenvalue weighted by Crippen LogP contribution is 2.29. The van der Waals surface area contributed by atoms with Crippen molar-refractivity contribution >= 4 is 17.4 Å². The fraction of sp³-hybridized carbons (Fsp3) is 0.538. The van der Waals surface area contributed by atoms with Crippen LogP contribution in [-0.4, -0.2) is 30.6 Å². The smallest absolute Gasteiger partial charge is 0.224 e. The molecule has 1 aromatic heterocycles. The van der Waals surface area contributed by atoms with Gasteiger partial charge in [0.05, 0.1) is 12.8 Å². The van der Waals surface area contributed by atoms with Gasteiger partial charge in [0, 0.05) is 25.1 Å². The van der Waals surface area contributed by atoms with Gasteiger partial charge in [-0.25, -0.2) is 0 Å². The second-order valence-corrected chi connectivity index (χ2v) is 4.66. The molecule has 0 saturated heterocycles. The molecule has 0 aliphatic carbocycles. The molecule has 0 aromatic carbocycles. The predicted octanol–water partition coefficient (Wildman–Crippen LogP) is 2.04. The van der Waals surface area contributed by atoms with E-state index in [2.05, 4.69) is 29.0 Å². The zero-order valence-corrected chi connectivity index (χ0v) is 11.1. The number of ether oxygens (including phenoxy) is 1. The number of methoxy groups -OCH3 is 1. The summed E-state index contributed by atoms with van der Waals surface area (Å²) in [4.78, 5) is 18.3. The van der Waals surface area contributed by atoms with E-state index in [0.29, 0.717) is 18.3 Å². The third kappa shape index (κ3) is 2.55. The van der Waals surface area contributed by atoms with Crippen LogP contribution in [0.4, 0.5) is 11.5 Å². The van der Waals surface area contributed by atoms with Gasteiger partial charge in [0.2, 0.25) is 11.8 Å². The van der Waals surface area contributed by atoms with Gasteiger partial charge in [-0.2, -0.15) is 4.98 Å². The first-order valence-corrected chi connectivity index (χ1v) is 6.23. The average molecular weight is 249 g/mol. The van der Waals surface area contributed by atoms with Gasteiger partial charge in [0.15, 0.2) is 5.82 Å². The molecule has 1 amide bonds. The third-order valence-corrected chi connectivity index (χ3v) is 3.03. The summed E-state index contributed by atoms with van der Waals surface area (Å²) >= 11 is 0. The molecular weight excluding hydrogens is 230 g/mol. The van der Waals surface area contributed by atoms with E-state index in [1.165, 1.54) is 0 Å². The lowest BCUT2D eigenvalue weighted by Crippen LogP contribution is -2.35. The average Bonchev–Trinajstić information content (AvgIpc) is 2.32. The number of nitrogens with zero attached hydrogens (tertiary/aromatic N) is 2. The highest BCUT2D eigenvalue weighted by molar-refractivity contribution is 5.94. The molecule has 0 atom stereocenters. The number of nitrogens with one attached hydrogen (secondary N) is 1. The lowest BCUT2D eigenvalue weighted by Gasteiger charge is -2.31. The molecule has 2 heterocycles. The standard InChI is InChI=1S/C13H19N3O2/c1-9(2)16-8-4-5-11(17)14-10-6-7-12(18-3)15-13(10)16/h6-7,9H,4-5,8H2,1-3H3,(H,14,17). The van der Waals surface area contributed by atoms with Gasteiger partial charge >= 0.3 is 0 Å². The molecule has 0 saturated carbocycles. The number of pyridine rings is 1. The van der Waals surface area contributed by atoms with Gasteiger partial charge in [-0.15, -0.1) is 0 Å². The maximum Gasteiger partial charge on any atom is 0.224 e. The number of carbonyl (C=O) groups is 1. The summed E-state index contributed by atoms with van der Waals surface area (Å²) < 4.78 is 5.16. The maximum atomic E-state index is 11.6. The fourth-order valence-electron chi connectivity index (χ4n) is 2.09. The summed E-state index contributed by atoms with van der Waals surface area (Å²) in [5, 5.41) is 2.90. The van der Waals surface area contributed by atoms with Crippen LogP contribution < -0.4 is 15.0 Å². The minimum absolute atomic E-state index is 0.0478. The largest absolute Gasteiger partial charge is 0.481 e. The number of carbonyl (C=O) groups excluding carboxylic acids is 1. The van der Waals surface area contributed by atoms with Gasteiger partial charge in [-0.3, -0.25) is 4.79 Å². The lowest BCUT2D eigenvalue weighted by atomic mass is 10.2. The molecule has 18 heavy (non-hydrogen) atoms.